The Kier molecular flexibility index (Phi) is 5.07. The number of aliphatic hydroxyl groups is 1. The molecule has 0 aliphatic carbocycles. The Labute approximate surface area is 94.3 Å². The molecule has 86 valence electrons. The standard InChI is InChI=1S/C9H18N4OS/c1-7(2)11-8(4-14)5-15-9-12-10-6-13(9)3/h6-8,11,14H,4-5H2,1-3H3. The number of rotatable bonds is 6. The smallest absolute Gasteiger partial charge is 0.190 e. The van der Waals surface area contributed by atoms with Crippen molar-refractivity contribution in [2.75, 3.05) is 12.4 Å². The lowest BCUT2D eigenvalue weighted by atomic mass is 10.3. The van der Waals surface area contributed by atoms with Crippen molar-refractivity contribution in [1.82, 2.24) is 20.1 Å². The second kappa shape index (κ2) is 6.09. The second-order valence-corrected chi connectivity index (χ2v) is 4.72. The van der Waals surface area contributed by atoms with Gasteiger partial charge >= 0.3 is 0 Å². The molecule has 6 heteroatoms. The minimum absolute atomic E-state index is 0.103. The minimum atomic E-state index is 0.103. The van der Waals surface area contributed by atoms with E-state index in [0.29, 0.717) is 6.04 Å². The summed E-state index contributed by atoms with van der Waals surface area (Å²) >= 11 is 1.60. The number of aromatic nitrogens is 3. The summed E-state index contributed by atoms with van der Waals surface area (Å²) in [6, 6.07) is 0.481. The number of thioether (sulfide) groups is 1. The van der Waals surface area contributed by atoms with Crippen LogP contribution in [0.5, 0.6) is 0 Å². The summed E-state index contributed by atoms with van der Waals surface area (Å²) in [5.74, 6) is 0.793. The zero-order chi connectivity index (χ0) is 11.3. The van der Waals surface area contributed by atoms with Crippen LogP contribution in [0.1, 0.15) is 13.8 Å². The van der Waals surface area contributed by atoms with Crippen LogP contribution in [0.4, 0.5) is 0 Å². The van der Waals surface area contributed by atoms with Crippen molar-refractivity contribution in [3.8, 4) is 0 Å². The molecule has 0 radical (unpaired) electrons. The van der Waals surface area contributed by atoms with E-state index in [0.717, 1.165) is 10.9 Å². The molecule has 0 saturated heterocycles. The first kappa shape index (κ1) is 12.5. The zero-order valence-corrected chi connectivity index (χ0v) is 10.2. The van der Waals surface area contributed by atoms with Gasteiger partial charge in [-0.15, -0.1) is 10.2 Å². The molecule has 1 rings (SSSR count). The van der Waals surface area contributed by atoms with Crippen molar-refractivity contribution >= 4 is 11.8 Å². The molecule has 0 fully saturated rings. The lowest BCUT2D eigenvalue weighted by molar-refractivity contribution is 0.247. The normalized spacial score (nSPS) is 13.4. The van der Waals surface area contributed by atoms with Crippen LogP contribution in [0.15, 0.2) is 11.5 Å². The molecule has 1 atom stereocenters. The number of nitrogens with one attached hydrogen (secondary N) is 1. The summed E-state index contributed by atoms with van der Waals surface area (Å²) in [6.07, 6.45) is 1.67. The van der Waals surface area contributed by atoms with Crippen molar-refractivity contribution in [2.45, 2.75) is 31.1 Å². The third kappa shape index (κ3) is 4.19. The molecule has 15 heavy (non-hydrogen) atoms. The van der Waals surface area contributed by atoms with E-state index in [2.05, 4.69) is 29.4 Å². The van der Waals surface area contributed by atoms with Gasteiger partial charge in [0.1, 0.15) is 6.33 Å². The first-order valence-electron chi connectivity index (χ1n) is 4.97. The molecule has 0 aromatic carbocycles. The Morgan fingerprint density at radius 2 is 2.33 bits per heavy atom. The molecular formula is C9H18N4OS. The van der Waals surface area contributed by atoms with E-state index in [1.54, 1.807) is 18.1 Å². The molecule has 0 aliphatic heterocycles. The van der Waals surface area contributed by atoms with E-state index in [4.69, 9.17) is 5.11 Å². The summed E-state index contributed by atoms with van der Waals surface area (Å²) in [5.41, 5.74) is 0. The van der Waals surface area contributed by atoms with Gasteiger partial charge in [-0.05, 0) is 0 Å². The summed E-state index contributed by atoms with van der Waals surface area (Å²) in [4.78, 5) is 0. The van der Waals surface area contributed by atoms with Gasteiger partial charge in [-0.2, -0.15) is 0 Å². The fraction of sp³-hybridized carbons (Fsp3) is 0.778. The maximum atomic E-state index is 9.15. The van der Waals surface area contributed by atoms with Gasteiger partial charge in [0.25, 0.3) is 0 Å². The van der Waals surface area contributed by atoms with Crippen LogP contribution < -0.4 is 5.32 Å². The van der Waals surface area contributed by atoms with Gasteiger partial charge in [-0.1, -0.05) is 25.6 Å². The van der Waals surface area contributed by atoms with Crippen LogP contribution in [-0.4, -0.2) is 44.3 Å². The van der Waals surface area contributed by atoms with Gasteiger partial charge < -0.3 is 15.0 Å². The fourth-order valence-corrected chi connectivity index (χ4v) is 2.11. The van der Waals surface area contributed by atoms with E-state index in [9.17, 15) is 0 Å². The number of aryl methyl sites for hydroxylation is 1. The molecule has 0 amide bonds. The third-order valence-corrected chi connectivity index (χ3v) is 3.07. The van der Waals surface area contributed by atoms with Gasteiger partial charge in [0, 0.05) is 24.9 Å². The molecule has 0 saturated carbocycles. The van der Waals surface area contributed by atoms with E-state index < -0.39 is 0 Å². The lowest BCUT2D eigenvalue weighted by Crippen LogP contribution is -2.39. The van der Waals surface area contributed by atoms with E-state index in [1.165, 1.54) is 0 Å². The second-order valence-electron chi connectivity index (χ2n) is 3.74. The Hall–Kier alpha value is -0.590. The highest BCUT2D eigenvalue weighted by Gasteiger charge is 2.10. The highest BCUT2D eigenvalue weighted by Crippen LogP contribution is 2.14. The number of hydrogen-bond donors (Lipinski definition) is 2. The average molecular weight is 230 g/mol. The highest BCUT2D eigenvalue weighted by atomic mass is 32.2. The predicted molar refractivity (Wildman–Crippen MR) is 60.9 cm³/mol. The van der Waals surface area contributed by atoms with Crippen LogP contribution in [0, 0.1) is 0 Å². The fourth-order valence-electron chi connectivity index (χ4n) is 1.20. The molecule has 0 aliphatic rings. The molecule has 0 bridgehead atoms. The maximum Gasteiger partial charge on any atom is 0.190 e. The molecule has 1 aromatic heterocycles. The quantitative estimate of drug-likeness (QED) is 0.687. The Bertz CT molecular complexity index is 289. The van der Waals surface area contributed by atoms with Crippen molar-refractivity contribution in [3.05, 3.63) is 6.33 Å². The zero-order valence-electron chi connectivity index (χ0n) is 9.34. The molecule has 1 heterocycles. The highest BCUT2D eigenvalue weighted by molar-refractivity contribution is 7.99. The lowest BCUT2D eigenvalue weighted by Gasteiger charge is -2.18. The molecular weight excluding hydrogens is 212 g/mol. The number of hydrogen-bond acceptors (Lipinski definition) is 5. The largest absolute Gasteiger partial charge is 0.395 e. The third-order valence-electron chi connectivity index (χ3n) is 1.87. The molecule has 2 N–H and O–H groups in total. The van der Waals surface area contributed by atoms with Crippen LogP contribution in [0.25, 0.3) is 0 Å². The SMILES string of the molecule is CC(C)NC(CO)CSc1nncn1C. The summed E-state index contributed by atoms with van der Waals surface area (Å²) in [7, 11) is 1.91. The van der Waals surface area contributed by atoms with Crippen molar-refractivity contribution in [3.63, 3.8) is 0 Å². The maximum absolute atomic E-state index is 9.15. The minimum Gasteiger partial charge on any atom is -0.395 e. The number of aliphatic hydroxyl groups excluding tert-OH is 1. The van der Waals surface area contributed by atoms with Gasteiger partial charge in [0.15, 0.2) is 5.16 Å². The van der Waals surface area contributed by atoms with E-state index in [-0.39, 0.29) is 12.6 Å². The van der Waals surface area contributed by atoms with Crippen molar-refractivity contribution in [2.24, 2.45) is 7.05 Å². The van der Waals surface area contributed by atoms with Gasteiger partial charge in [-0.25, -0.2) is 0 Å². The van der Waals surface area contributed by atoms with E-state index in [1.807, 2.05) is 11.6 Å². The van der Waals surface area contributed by atoms with Crippen molar-refractivity contribution < 1.29 is 5.11 Å². The van der Waals surface area contributed by atoms with Gasteiger partial charge in [0.2, 0.25) is 0 Å². The van der Waals surface area contributed by atoms with Crippen LogP contribution in [0.3, 0.4) is 0 Å². The Morgan fingerprint density at radius 3 is 2.80 bits per heavy atom. The van der Waals surface area contributed by atoms with Crippen LogP contribution in [-0.2, 0) is 7.05 Å². The van der Waals surface area contributed by atoms with Crippen LogP contribution >= 0.6 is 11.8 Å². The Balaban J connectivity index is 2.37. The monoisotopic (exact) mass is 230 g/mol. The molecule has 1 unspecified atom stereocenters. The predicted octanol–water partition coefficient (Wildman–Crippen LogP) is 0.266. The van der Waals surface area contributed by atoms with Crippen molar-refractivity contribution in [1.29, 1.82) is 0 Å². The van der Waals surface area contributed by atoms with Crippen LogP contribution in [0.2, 0.25) is 0 Å². The molecule has 0 spiro atoms. The summed E-state index contributed by atoms with van der Waals surface area (Å²) < 4.78 is 1.87. The molecule has 5 nitrogen and oxygen atoms in total. The topological polar surface area (TPSA) is 63.0 Å². The number of nitrogens with zero attached hydrogens (tertiary/aromatic N) is 3. The Morgan fingerprint density at radius 1 is 1.60 bits per heavy atom. The first-order valence-corrected chi connectivity index (χ1v) is 5.95. The van der Waals surface area contributed by atoms with Gasteiger partial charge in [0.05, 0.1) is 6.61 Å². The molecule has 1 aromatic rings. The first-order chi connectivity index (χ1) is 7.13. The summed E-state index contributed by atoms with van der Waals surface area (Å²) in [6.45, 7) is 4.27. The van der Waals surface area contributed by atoms with E-state index >= 15 is 0 Å². The van der Waals surface area contributed by atoms with Gasteiger partial charge in [-0.3, -0.25) is 0 Å². The summed E-state index contributed by atoms with van der Waals surface area (Å²) in [5, 5.41) is 21.1. The average Bonchev–Trinajstić information content (AvgIpc) is 2.58.